The van der Waals surface area contributed by atoms with Gasteiger partial charge in [-0.3, -0.25) is 9.53 Å². The molecule has 1 aliphatic carbocycles. The van der Waals surface area contributed by atoms with Gasteiger partial charge < -0.3 is 5.32 Å². The van der Waals surface area contributed by atoms with Gasteiger partial charge in [-0.2, -0.15) is 0 Å². The van der Waals surface area contributed by atoms with Crippen LogP contribution >= 0.6 is 15.9 Å². The first-order valence-electron chi connectivity index (χ1n) is 6.06. The van der Waals surface area contributed by atoms with Gasteiger partial charge in [0.2, 0.25) is 5.91 Å². The monoisotopic (exact) mass is 351 g/mol. The van der Waals surface area contributed by atoms with Gasteiger partial charge in [0.1, 0.15) is 0 Å². The van der Waals surface area contributed by atoms with Gasteiger partial charge in [-0.1, -0.05) is 22.0 Å². The van der Waals surface area contributed by atoms with E-state index in [0.717, 1.165) is 10.0 Å². The number of carbonyl (C=O) groups excluding carboxylic acids is 1. The highest BCUT2D eigenvalue weighted by atomic mass is 79.9. The van der Waals surface area contributed by atoms with Crippen molar-refractivity contribution in [3.63, 3.8) is 0 Å². The molecule has 20 heavy (non-hydrogen) atoms. The first-order chi connectivity index (χ1) is 9.24. The van der Waals surface area contributed by atoms with E-state index in [2.05, 4.69) is 26.0 Å². The first kappa shape index (κ1) is 15.3. The summed E-state index contributed by atoms with van der Waals surface area (Å²) < 4.78 is 40.6. The van der Waals surface area contributed by atoms with E-state index in [1.54, 1.807) is 12.1 Å². The molecule has 0 aromatic heterocycles. The molecule has 7 heteroatoms. The van der Waals surface area contributed by atoms with Crippen LogP contribution in [0.4, 0.5) is 18.9 Å². The van der Waals surface area contributed by atoms with Gasteiger partial charge in [0.05, 0.1) is 6.10 Å². The van der Waals surface area contributed by atoms with E-state index in [1.807, 2.05) is 13.0 Å². The number of alkyl halides is 3. The smallest absolute Gasteiger partial charge is 0.326 e. The molecular weight excluding hydrogens is 339 g/mol. The first-order valence-corrected chi connectivity index (χ1v) is 6.85. The molecule has 1 aromatic carbocycles. The summed E-state index contributed by atoms with van der Waals surface area (Å²) in [7, 11) is 0. The Hall–Kier alpha value is -1.08. The summed E-state index contributed by atoms with van der Waals surface area (Å²) in [6.45, 7) is 1.92. The number of rotatable bonds is 3. The number of nitrogens with one attached hydrogen (secondary N) is 1. The van der Waals surface area contributed by atoms with E-state index < -0.39 is 18.4 Å². The number of hydrogen-bond donors (Lipinski definition) is 1. The van der Waals surface area contributed by atoms with Crippen molar-refractivity contribution in [3.8, 4) is 0 Å². The number of halogens is 4. The molecule has 0 unspecified atom stereocenters. The highest BCUT2D eigenvalue weighted by Crippen LogP contribution is 2.35. The van der Waals surface area contributed by atoms with Crippen molar-refractivity contribution >= 4 is 27.5 Å². The zero-order valence-corrected chi connectivity index (χ0v) is 12.2. The van der Waals surface area contributed by atoms with Crippen LogP contribution in [0.15, 0.2) is 22.7 Å². The van der Waals surface area contributed by atoms with Crippen LogP contribution in [-0.2, 0) is 9.53 Å². The van der Waals surface area contributed by atoms with E-state index in [0.29, 0.717) is 5.69 Å². The molecule has 3 nitrogen and oxygen atoms in total. The molecule has 0 saturated heterocycles. The fraction of sp³-hybridized carbons (Fsp3) is 0.462. The molecule has 1 N–H and O–H groups in total. The van der Waals surface area contributed by atoms with Crippen LogP contribution in [0.1, 0.15) is 18.4 Å². The minimum absolute atomic E-state index is 0.0956. The number of amides is 1. The predicted molar refractivity (Wildman–Crippen MR) is 71.2 cm³/mol. The van der Waals surface area contributed by atoms with E-state index >= 15 is 0 Å². The molecule has 1 saturated carbocycles. The van der Waals surface area contributed by atoms with E-state index in [9.17, 15) is 18.0 Å². The minimum atomic E-state index is -4.63. The van der Waals surface area contributed by atoms with Gasteiger partial charge in [-0.15, -0.1) is 13.2 Å². The van der Waals surface area contributed by atoms with Crippen molar-refractivity contribution in [1.29, 1.82) is 0 Å². The third-order valence-electron chi connectivity index (χ3n) is 3.21. The Morgan fingerprint density at radius 2 is 2.05 bits per heavy atom. The van der Waals surface area contributed by atoms with Gasteiger partial charge in [-0.05, 0) is 37.5 Å². The van der Waals surface area contributed by atoms with E-state index in [4.69, 9.17) is 0 Å². The highest BCUT2D eigenvalue weighted by Gasteiger charge is 2.42. The van der Waals surface area contributed by atoms with Crippen molar-refractivity contribution in [2.75, 3.05) is 5.32 Å². The number of anilines is 1. The lowest BCUT2D eigenvalue weighted by atomic mass is 9.81. The van der Waals surface area contributed by atoms with Gasteiger partial charge in [0.15, 0.2) is 0 Å². The molecule has 0 heterocycles. The molecule has 1 aromatic rings. The fourth-order valence-electron chi connectivity index (χ4n) is 1.98. The number of aryl methyl sites for hydroxylation is 1. The Kier molecular flexibility index (Phi) is 4.39. The summed E-state index contributed by atoms with van der Waals surface area (Å²) in [5.41, 5.74) is 1.65. The SMILES string of the molecule is Cc1ccc(NC(=O)C2CC(OC(F)(F)F)C2)cc1Br. The highest BCUT2D eigenvalue weighted by molar-refractivity contribution is 9.10. The Morgan fingerprint density at radius 3 is 2.60 bits per heavy atom. The second-order valence-corrected chi connectivity index (χ2v) is 5.66. The second kappa shape index (κ2) is 5.73. The number of hydrogen-bond acceptors (Lipinski definition) is 2. The molecule has 0 radical (unpaired) electrons. The third-order valence-corrected chi connectivity index (χ3v) is 4.06. The molecule has 0 atom stereocenters. The molecule has 1 amide bonds. The Bertz CT molecular complexity index is 513. The van der Waals surface area contributed by atoms with E-state index in [-0.39, 0.29) is 18.7 Å². The average Bonchev–Trinajstić information content (AvgIpc) is 2.26. The number of ether oxygens (including phenoxy) is 1. The summed E-state index contributed by atoms with van der Waals surface area (Å²) >= 11 is 3.35. The van der Waals surface area contributed by atoms with Crippen LogP contribution in [-0.4, -0.2) is 18.4 Å². The van der Waals surface area contributed by atoms with Crippen LogP contribution in [0.3, 0.4) is 0 Å². The van der Waals surface area contributed by atoms with Crippen molar-refractivity contribution < 1.29 is 22.7 Å². The molecule has 2 rings (SSSR count). The van der Waals surface area contributed by atoms with Crippen molar-refractivity contribution in [1.82, 2.24) is 0 Å². The van der Waals surface area contributed by atoms with Crippen LogP contribution in [0, 0.1) is 12.8 Å². The molecule has 110 valence electrons. The zero-order chi connectivity index (χ0) is 14.9. The largest absolute Gasteiger partial charge is 0.522 e. The normalized spacial score (nSPS) is 22.2. The molecule has 0 aliphatic heterocycles. The molecule has 0 spiro atoms. The third kappa shape index (κ3) is 3.96. The quantitative estimate of drug-likeness (QED) is 0.893. The van der Waals surface area contributed by atoms with Gasteiger partial charge in [0, 0.05) is 16.1 Å². The van der Waals surface area contributed by atoms with Crippen LogP contribution in [0.2, 0.25) is 0 Å². The standard InChI is InChI=1S/C13H13BrF3NO2/c1-7-2-3-9(6-11(7)14)18-12(19)8-4-10(5-8)20-13(15,16)17/h2-3,6,8,10H,4-5H2,1H3,(H,18,19). The molecule has 0 bridgehead atoms. The van der Waals surface area contributed by atoms with Crippen molar-refractivity contribution in [3.05, 3.63) is 28.2 Å². The van der Waals surface area contributed by atoms with Crippen LogP contribution in [0.25, 0.3) is 0 Å². The Balaban J connectivity index is 1.84. The summed E-state index contributed by atoms with van der Waals surface area (Å²) in [6, 6.07) is 5.35. The fourth-order valence-corrected chi connectivity index (χ4v) is 2.36. The lowest BCUT2D eigenvalue weighted by Crippen LogP contribution is -2.41. The maximum absolute atomic E-state index is 12.0. The van der Waals surface area contributed by atoms with Crippen molar-refractivity contribution in [2.45, 2.75) is 32.2 Å². The van der Waals surface area contributed by atoms with E-state index in [1.165, 1.54) is 0 Å². The van der Waals surface area contributed by atoms with Crippen LogP contribution in [0.5, 0.6) is 0 Å². The average molecular weight is 352 g/mol. The van der Waals surface area contributed by atoms with Gasteiger partial charge in [0.25, 0.3) is 0 Å². The molecular formula is C13H13BrF3NO2. The lowest BCUT2D eigenvalue weighted by molar-refractivity contribution is -0.353. The van der Waals surface area contributed by atoms with Crippen LogP contribution < -0.4 is 5.32 Å². The van der Waals surface area contributed by atoms with Gasteiger partial charge >= 0.3 is 6.36 Å². The summed E-state index contributed by atoms with van der Waals surface area (Å²) in [6.07, 6.45) is -5.35. The number of benzene rings is 1. The maximum Gasteiger partial charge on any atom is 0.522 e. The zero-order valence-electron chi connectivity index (χ0n) is 10.6. The minimum Gasteiger partial charge on any atom is -0.326 e. The molecule has 1 fully saturated rings. The topological polar surface area (TPSA) is 38.3 Å². The second-order valence-electron chi connectivity index (χ2n) is 4.81. The Morgan fingerprint density at radius 1 is 1.40 bits per heavy atom. The lowest BCUT2D eigenvalue weighted by Gasteiger charge is -2.34. The Labute approximate surface area is 122 Å². The summed E-state index contributed by atoms with van der Waals surface area (Å²) in [5, 5.41) is 2.69. The number of carbonyl (C=O) groups is 1. The predicted octanol–water partition coefficient (Wildman–Crippen LogP) is 4.01. The van der Waals surface area contributed by atoms with Crippen molar-refractivity contribution in [2.24, 2.45) is 5.92 Å². The summed E-state index contributed by atoms with van der Waals surface area (Å²) in [5.74, 6) is -0.704. The van der Waals surface area contributed by atoms with Gasteiger partial charge in [-0.25, -0.2) is 0 Å². The summed E-state index contributed by atoms with van der Waals surface area (Å²) in [4.78, 5) is 11.8. The molecule has 1 aliphatic rings. The maximum atomic E-state index is 12.0.